The highest BCUT2D eigenvalue weighted by atomic mass is 32.1. The Balaban J connectivity index is 2.53. The van der Waals surface area contributed by atoms with E-state index in [4.69, 9.17) is 0 Å². The lowest BCUT2D eigenvalue weighted by molar-refractivity contribution is -0.123. The van der Waals surface area contributed by atoms with Crippen LogP contribution in [0, 0.1) is 5.92 Å². The van der Waals surface area contributed by atoms with E-state index in [2.05, 4.69) is 0 Å². The van der Waals surface area contributed by atoms with Gasteiger partial charge < -0.3 is 0 Å². The van der Waals surface area contributed by atoms with Gasteiger partial charge in [-0.05, 0) is 18.6 Å². The van der Waals surface area contributed by atoms with Crippen LogP contribution in [0.2, 0.25) is 0 Å². The van der Waals surface area contributed by atoms with Crippen molar-refractivity contribution in [2.45, 2.75) is 26.8 Å². The van der Waals surface area contributed by atoms with Crippen molar-refractivity contribution < 1.29 is 4.79 Å². The van der Waals surface area contributed by atoms with Crippen molar-refractivity contribution in [3.05, 3.63) is 44.3 Å². The van der Waals surface area contributed by atoms with Crippen LogP contribution in [0.4, 0.5) is 0 Å². The zero-order valence-electron chi connectivity index (χ0n) is 10.9. The average Bonchev–Trinajstić information content (AvgIpc) is 2.42. The molecule has 0 radical (unpaired) electrons. The quantitative estimate of drug-likeness (QED) is 0.859. The molecule has 1 atom stereocenters. The van der Waals surface area contributed by atoms with Gasteiger partial charge in [-0.2, -0.15) is 0 Å². The molecule has 100 valence electrons. The molecule has 0 fully saturated rings. The molecule has 0 N–H and O–H groups in total. The number of hydrogen-bond acceptors (Lipinski definition) is 4. The van der Waals surface area contributed by atoms with E-state index >= 15 is 0 Å². The maximum atomic E-state index is 12.2. The molecule has 5 heteroatoms. The third-order valence-corrected chi connectivity index (χ3v) is 4.23. The van der Waals surface area contributed by atoms with Crippen molar-refractivity contribution in [2.24, 2.45) is 5.92 Å². The summed E-state index contributed by atoms with van der Waals surface area (Å²) >= 11 is 0.999. The topological polar surface area (TPSA) is 56.1 Å². The summed E-state index contributed by atoms with van der Waals surface area (Å²) in [5, 5.41) is 0.490. The summed E-state index contributed by atoms with van der Waals surface area (Å²) < 4.78 is 1.70. The summed E-state index contributed by atoms with van der Waals surface area (Å²) in [6.45, 7) is 3.59. The molecule has 2 rings (SSSR count). The molecule has 0 aliphatic rings. The monoisotopic (exact) mass is 277 g/mol. The normalized spacial score (nSPS) is 12.5. The van der Waals surface area contributed by atoms with Crippen LogP contribution in [-0.2, 0) is 11.3 Å². The van der Waals surface area contributed by atoms with E-state index in [0.717, 1.165) is 15.9 Å². The number of carbonyl (C=O) groups excluding carboxylic acids is 1. The van der Waals surface area contributed by atoms with Gasteiger partial charge in [0.15, 0.2) is 5.78 Å². The van der Waals surface area contributed by atoms with Crippen LogP contribution in [0.25, 0.3) is 10.1 Å². The fourth-order valence-electron chi connectivity index (χ4n) is 1.79. The Morgan fingerprint density at radius 2 is 2.00 bits per heavy atom. The zero-order chi connectivity index (χ0) is 14.0. The van der Waals surface area contributed by atoms with Gasteiger partial charge in [-0.3, -0.25) is 19.0 Å². The van der Waals surface area contributed by atoms with Gasteiger partial charge in [-0.15, -0.1) is 0 Å². The molecule has 1 aromatic heterocycles. The van der Waals surface area contributed by atoms with Crippen molar-refractivity contribution in [2.75, 3.05) is 0 Å². The second-order valence-corrected chi connectivity index (χ2v) is 5.52. The van der Waals surface area contributed by atoms with E-state index in [-0.39, 0.29) is 28.7 Å². The molecule has 1 unspecified atom stereocenters. The maximum Gasteiger partial charge on any atom is 0.310 e. The fourth-order valence-corrected chi connectivity index (χ4v) is 2.64. The second-order valence-electron chi connectivity index (χ2n) is 4.53. The lowest BCUT2D eigenvalue weighted by Crippen LogP contribution is -2.35. The Morgan fingerprint density at radius 1 is 1.32 bits per heavy atom. The Labute approximate surface area is 114 Å². The van der Waals surface area contributed by atoms with Gasteiger partial charge in [0, 0.05) is 10.6 Å². The van der Waals surface area contributed by atoms with Crippen LogP contribution in [-0.4, -0.2) is 10.4 Å². The predicted octanol–water partition coefficient (Wildman–Crippen LogP) is 2.04. The lowest BCUT2D eigenvalue weighted by atomic mass is 10.0. The molecule has 4 nitrogen and oxygen atoms in total. The summed E-state index contributed by atoms with van der Waals surface area (Å²) in [6, 6.07) is 6.95. The summed E-state index contributed by atoms with van der Waals surface area (Å²) in [6.07, 6.45) is 0.707. The minimum atomic E-state index is -0.379. The Morgan fingerprint density at radius 3 is 2.68 bits per heavy atom. The molecule has 19 heavy (non-hydrogen) atoms. The summed E-state index contributed by atoms with van der Waals surface area (Å²) in [4.78, 5) is 35.7. The lowest BCUT2D eigenvalue weighted by Gasteiger charge is -2.09. The number of carbonyl (C=O) groups is 1. The molecule has 0 bridgehead atoms. The minimum absolute atomic E-state index is 0.0795. The van der Waals surface area contributed by atoms with Crippen molar-refractivity contribution in [3.8, 4) is 0 Å². The SMILES string of the molecule is CCC(C)C(=O)Cn1c(=O)sc2ccccc2c1=O. The van der Waals surface area contributed by atoms with Crippen molar-refractivity contribution in [3.63, 3.8) is 0 Å². The van der Waals surface area contributed by atoms with Crippen LogP contribution in [0.3, 0.4) is 0 Å². The number of nitrogens with zero attached hydrogens (tertiary/aromatic N) is 1. The summed E-state index contributed by atoms with van der Waals surface area (Å²) in [5.41, 5.74) is -0.379. The molecule has 0 amide bonds. The first-order chi connectivity index (χ1) is 9.04. The van der Waals surface area contributed by atoms with Gasteiger partial charge in [0.05, 0.1) is 11.9 Å². The number of ketones is 1. The second kappa shape index (κ2) is 5.48. The van der Waals surface area contributed by atoms with E-state index in [0.29, 0.717) is 16.5 Å². The number of Topliss-reactive ketones (excluding diaryl/α,β-unsaturated/α-hetero) is 1. The smallest absolute Gasteiger partial charge is 0.297 e. The number of rotatable bonds is 4. The van der Waals surface area contributed by atoms with Gasteiger partial charge in [-0.1, -0.05) is 37.3 Å². The molecular weight excluding hydrogens is 262 g/mol. The first-order valence-corrected chi connectivity index (χ1v) is 7.01. The van der Waals surface area contributed by atoms with Crippen molar-refractivity contribution in [1.29, 1.82) is 0 Å². The molecule has 1 aromatic carbocycles. The highest BCUT2D eigenvalue weighted by Gasteiger charge is 2.15. The first kappa shape index (κ1) is 13.7. The standard InChI is InChI=1S/C14H15NO3S/c1-3-9(2)11(16)8-15-13(17)10-6-4-5-7-12(10)19-14(15)18/h4-7,9H,3,8H2,1-2H3. The minimum Gasteiger partial charge on any atom is -0.297 e. The number of hydrogen-bond donors (Lipinski definition) is 0. The van der Waals surface area contributed by atoms with E-state index in [1.54, 1.807) is 24.3 Å². The van der Waals surface area contributed by atoms with E-state index in [1.165, 1.54) is 0 Å². The fraction of sp³-hybridized carbons (Fsp3) is 0.357. The largest absolute Gasteiger partial charge is 0.310 e. The Bertz CT molecular complexity index is 729. The molecule has 1 heterocycles. The van der Waals surface area contributed by atoms with Gasteiger partial charge in [-0.25, -0.2) is 0 Å². The van der Waals surface area contributed by atoms with E-state index in [1.807, 2.05) is 13.8 Å². The number of fused-ring (bicyclic) bond motifs is 1. The Kier molecular flexibility index (Phi) is 3.95. The molecule has 0 spiro atoms. The molecule has 2 aromatic rings. The third kappa shape index (κ3) is 2.66. The van der Waals surface area contributed by atoms with Crippen molar-refractivity contribution >= 4 is 27.2 Å². The number of benzene rings is 1. The summed E-state index contributed by atoms with van der Waals surface area (Å²) in [5.74, 6) is -0.216. The van der Waals surface area contributed by atoms with Crippen LogP contribution in [0.15, 0.2) is 33.9 Å². The first-order valence-electron chi connectivity index (χ1n) is 6.20. The molecule has 0 aliphatic carbocycles. The predicted molar refractivity (Wildman–Crippen MR) is 76.8 cm³/mol. The highest BCUT2D eigenvalue weighted by Crippen LogP contribution is 2.11. The Hall–Kier alpha value is -1.75. The van der Waals surface area contributed by atoms with Gasteiger partial charge >= 0.3 is 4.87 Å². The molecular formula is C14H15NO3S. The van der Waals surface area contributed by atoms with Crippen molar-refractivity contribution in [1.82, 2.24) is 4.57 Å². The summed E-state index contributed by atoms with van der Waals surface area (Å²) in [7, 11) is 0. The van der Waals surface area contributed by atoms with E-state index in [9.17, 15) is 14.4 Å². The molecule has 0 saturated carbocycles. The van der Waals surface area contributed by atoms with Crippen LogP contribution in [0.5, 0.6) is 0 Å². The van der Waals surface area contributed by atoms with Gasteiger partial charge in [0.25, 0.3) is 5.56 Å². The number of aromatic nitrogens is 1. The molecule has 0 aliphatic heterocycles. The van der Waals surface area contributed by atoms with Crippen LogP contribution < -0.4 is 10.4 Å². The van der Waals surface area contributed by atoms with Crippen LogP contribution >= 0.6 is 11.3 Å². The van der Waals surface area contributed by atoms with Gasteiger partial charge in [0.1, 0.15) is 0 Å². The van der Waals surface area contributed by atoms with Gasteiger partial charge in [0.2, 0.25) is 0 Å². The average molecular weight is 277 g/mol. The molecule has 0 saturated heterocycles. The highest BCUT2D eigenvalue weighted by molar-refractivity contribution is 7.16. The zero-order valence-corrected chi connectivity index (χ0v) is 11.7. The van der Waals surface area contributed by atoms with E-state index < -0.39 is 0 Å². The maximum absolute atomic E-state index is 12.2. The third-order valence-electron chi connectivity index (χ3n) is 3.26. The van der Waals surface area contributed by atoms with Crippen LogP contribution in [0.1, 0.15) is 20.3 Å².